The molecule has 1 amide bonds. The van der Waals surface area contributed by atoms with Crippen molar-refractivity contribution in [3.8, 4) is 11.5 Å². The minimum Gasteiger partial charge on any atom is -0.490 e. The van der Waals surface area contributed by atoms with E-state index in [-0.39, 0.29) is 11.7 Å². The van der Waals surface area contributed by atoms with Crippen LogP contribution in [0.15, 0.2) is 93.2 Å². The second-order valence-electron chi connectivity index (χ2n) is 8.15. The van der Waals surface area contributed by atoms with Gasteiger partial charge in [-0.25, -0.2) is 9.38 Å². The summed E-state index contributed by atoms with van der Waals surface area (Å²) in [6.07, 6.45) is 1.77. The van der Waals surface area contributed by atoms with Crippen molar-refractivity contribution in [2.24, 2.45) is 4.99 Å². The molecule has 1 fully saturated rings. The number of nitrogens with zero attached hydrogens (tertiary/aromatic N) is 1. The van der Waals surface area contributed by atoms with Crippen molar-refractivity contribution in [2.75, 3.05) is 6.61 Å². The number of benzene rings is 4. The summed E-state index contributed by atoms with van der Waals surface area (Å²) in [5.74, 6) is 0.579. The summed E-state index contributed by atoms with van der Waals surface area (Å²) in [4.78, 5) is 17.4. The number of amides is 1. The number of fused-ring (bicyclic) bond motifs is 1. The summed E-state index contributed by atoms with van der Waals surface area (Å²) in [6, 6.07) is 23.8. The van der Waals surface area contributed by atoms with Gasteiger partial charge >= 0.3 is 0 Å². The van der Waals surface area contributed by atoms with Gasteiger partial charge in [0.05, 0.1) is 21.7 Å². The maximum absolute atomic E-state index is 13.2. The van der Waals surface area contributed by atoms with Gasteiger partial charge in [-0.1, -0.05) is 42.5 Å². The second kappa shape index (κ2) is 11.2. The Morgan fingerprint density at radius 3 is 2.62 bits per heavy atom. The van der Waals surface area contributed by atoms with E-state index in [1.807, 2.05) is 37.3 Å². The summed E-state index contributed by atoms with van der Waals surface area (Å²) in [6.45, 7) is 2.74. The van der Waals surface area contributed by atoms with Crippen LogP contribution in [0.4, 0.5) is 10.1 Å². The summed E-state index contributed by atoms with van der Waals surface area (Å²) < 4.78 is 26.0. The standard InChI is InChI=1S/C29H22BrFN2O3S/c1-2-35-25-15-18(16-26-28(34)33-29(37-26)32-22-12-10-21(31)11-13-22)14-24(30)27(25)36-17-20-8-5-7-19-6-3-4-9-23(19)20/h3-16H,2,17H2,1H3,(H,32,33,34)/b26-16+. The Bertz CT molecular complexity index is 1530. The average Bonchev–Trinajstić information content (AvgIpc) is 3.23. The molecule has 0 saturated carbocycles. The van der Waals surface area contributed by atoms with E-state index in [2.05, 4.69) is 50.5 Å². The first-order chi connectivity index (χ1) is 18.0. The van der Waals surface area contributed by atoms with Crippen LogP contribution < -0.4 is 14.8 Å². The third-order valence-electron chi connectivity index (χ3n) is 5.59. The van der Waals surface area contributed by atoms with Gasteiger partial charge in [-0.15, -0.1) is 0 Å². The van der Waals surface area contributed by atoms with Crippen molar-refractivity contribution in [1.29, 1.82) is 0 Å². The molecule has 4 aromatic carbocycles. The van der Waals surface area contributed by atoms with Crippen LogP contribution in [0.25, 0.3) is 16.8 Å². The average molecular weight is 577 g/mol. The molecule has 0 atom stereocenters. The Hall–Kier alpha value is -3.62. The zero-order valence-corrected chi connectivity index (χ0v) is 22.2. The molecule has 5 rings (SSSR count). The van der Waals surface area contributed by atoms with E-state index in [0.29, 0.717) is 44.9 Å². The van der Waals surface area contributed by atoms with E-state index in [1.54, 1.807) is 18.2 Å². The highest BCUT2D eigenvalue weighted by molar-refractivity contribution is 9.10. The second-order valence-corrected chi connectivity index (χ2v) is 10.0. The van der Waals surface area contributed by atoms with E-state index in [1.165, 1.54) is 23.9 Å². The fourth-order valence-electron chi connectivity index (χ4n) is 3.91. The van der Waals surface area contributed by atoms with Crippen LogP contribution in [0.1, 0.15) is 18.1 Å². The van der Waals surface area contributed by atoms with Gasteiger partial charge in [-0.3, -0.25) is 4.79 Å². The van der Waals surface area contributed by atoms with Crippen LogP contribution in [0.2, 0.25) is 0 Å². The number of carbonyl (C=O) groups excluding carboxylic acids is 1. The molecule has 1 N–H and O–H groups in total. The molecule has 0 unspecified atom stereocenters. The van der Waals surface area contributed by atoms with E-state index < -0.39 is 0 Å². The number of ether oxygens (including phenoxy) is 2. The van der Waals surface area contributed by atoms with Crippen LogP contribution in [-0.4, -0.2) is 17.7 Å². The molecular formula is C29H22BrFN2O3S. The Labute approximate surface area is 226 Å². The van der Waals surface area contributed by atoms with Crippen LogP contribution in [0.5, 0.6) is 11.5 Å². The molecule has 5 nitrogen and oxygen atoms in total. The predicted molar refractivity (Wildman–Crippen MR) is 151 cm³/mol. The number of hydrogen-bond donors (Lipinski definition) is 1. The van der Waals surface area contributed by atoms with Crippen molar-refractivity contribution in [2.45, 2.75) is 13.5 Å². The Morgan fingerprint density at radius 2 is 1.81 bits per heavy atom. The summed E-state index contributed by atoms with van der Waals surface area (Å²) in [5, 5.41) is 5.48. The van der Waals surface area contributed by atoms with Crippen LogP contribution >= 0.6 is 27.7 Å². The number of amidine groups is 1. The third kappa shape index (κ3) is 5.87. The number of hydrogen-bond acceptors (Lipinski definition) is 5. The number of aliphatic imine (C=N–C) groups is 1. The minimum absolute atomic E-state index is 0.253. The SMILES string of the molecule is CCOc1cc(/C=C2/SC(=Nc3ccc(F)cc3)NC2=O)cc(Br)c1OCc1cccc2ccccc12. The number of nitrogens with one attached hydrogen (secondary N) is 1. The molecule has 0 radical (unpaired) electrons. The van der Waals surface area contributed by atoms with E-state index >= 15 is 0 Å². The highest BCUT2D eigenvalue weighted by Crippen LogP contribution is 2.39. The minimum atomic E-state index is -0.340. The monoisotopic (exact) mass is 576 g/mol. The van der Waals surface area contributed by atoms with Crippen LogP contribution in [-0.2, 0) is 11.4 Å². The number of rotatable bonds is 7. The fraction of sp³-hybridized carbons (Fsp3) is 0.103. The lowest BCUT2D eigenvalue weighted by Crippen LogP contribution is -2.19. The van der Waals surface area contributed by atoms with Gasteiger partial charge in [-0.2, -0.15) is 0 Å². The van der Waals surface area contributed by atoms with Gasteiger partial charge in [0.2, 0.25) is 0 Å². The lowest BCUT2D eigenvalue weighted by molar-refractivity contribution is -0.115. The van der Waals surface area contributed by atoms with E-state index in [9.17, 15) is 9.18 Å². The number of carbonyl (C=O) groups is 1. The van der Waals surface area contributed by atoms with Crippen molar-refractivity contribution in [3.05, 3.63) is 105 Å². The predicted octanol–water partition coefficient (Wildman–Crippen LogP) is 7.61. The Balaban J connectivity index is 1.38. The van der Waals surface area contributed by atoms with Gasteiger partial charge in [0.15, 0.2) is 16.7 Å². The first-order valence-electron chi connectivity index (χ1n) is 11.6. The fourth-order valence-corrected chi connectivity index (χ4v) is 5.32. The molecule has 186 valence electrons. The van der Waals surface area contributed by atoms with Crippen molar-refractivity contribution in [3.63, 3.8) is 0 Å². The maximum atomic E-state index is 13.2. The molecule has 4 aromatic rings. The smallest absolute Gasteiger partial charge is 0.264 e. The van der Waals surface area contributed by atoms with Gasteiger partial charge in [0, 0.05) is 0 Å². The largest absolute Gasteiger partial charge is 0.490 e. The zero-order valence-electron chi connectivity index (χ0n) is 19.8. The van der Waals surface area contributed by atoms with Gasteiger partial charge < -0.3 is 14.8 Å². The van der Waals surface area contributed by atoms with Crippen molar-refractivity contribution in [1.82, 2.24) is 5.32 Å². The zero-order chi connectivity index (χ0) is 25.8. The first kappa shape index (κ1) is 25.0. The molecule has 1 aliphatic heterocycles. The summed E-state index contributed by atoms with van der Waals surface area (Å²) in [7, 11) is 0. The van der Waals surface area contributed by atoms with E-state index in [4.69, 9.17) is 9.47 Å². The number of halogens is 2. The lowest BCUT2D eigenvalue weighted by Gasteiger charge is -2.15. The van der Waals surface area contributed by atoms with Gasteiger partial charge in [0.25, 0.3) is 5.91 Å². The van der Waals surface area contributed by atoms with Crippen LogP contribution in [0.3, 0.4) is 0 Å². The molecule has 0 aliphatic carbocycles. The maximum Gasteiger partial charge on any atom is 0.264 e. The lowest BCUT2D eigenvalue weighted by atomic mass is 10.1. The summed E-state index contributed by atoms with van der Waals surface area (Å²) >= 11 is 4.84. The topological polar surface area (TPSA) is 59.9 Å². The van der Waals surface area contributed by atoms with Crippen molar-refractivity contribution < 1.29 is 18.7 Å². The van der Waals surface area contributed by atoms with E-state index in [0.717, 1.165) is 21.9 Å². The third-order valence-corrected chi connectivity index (χ3v) is 7.09. The molecule has 8 heteroatoms. The number of thioether (sulfide) groups is 1. The molecular weight excluding hydrogens is 555 g/mol. The molecule has 1 heterocycles. The molecule has 0 spiro atoms. The summed E-state index contributed by atoms with van der Waals surface area (Å²) in [5.41, 5.74) is 2.40. The highest BCUT2D eigenvalue weighted by atomic mass is 79.9. The van der Waals surface area contributed by atoms with Gasteiger partial charge in [-0.05, 0) is 99.0 Å². The molecule has 0 bridgehead atoms. The Kier molecular flexibility index (Phi) is 7.58. The van der Waals surface area contributed by atoms with Crippen LogP contribution in [0, 0.1) is 5.82 Å². The Morgan fingerprint density at radius 1 is 1.03 bits per heavy atom. The molecule has 37 heavy (non-hydrogen) atoms. The molecule has 0 aromatic heterocycles. The molecule has 1 saturated heterocycles. The van der Waals surface area contributed by atoms with Crippen molar-refractivity contribution >= 4 is 61.3 Å². The molecule has 1 aliphatic rings. The quantitative estimate of drug-likeness (QED) is 0.230. The van der Waals surface area contributed by atoms with Gasteiger partial charge in [0.1, 0.15) is 12.4 Å². The first-order valence-corrected chi connectivity index (χ1v) is 13.2. The normalized spacial score (nSPS) is 15.4. The highest BCUT2D eigenvalue weighted by Gasteiger charge is 2.24.